The van der Waals surface area contributed by atoms with Gasteiger partial charge in [-0.05, 0) is 50.2 Å². The minimum Gasteiger partial charge on any atom is -0.491 e. The minimum absolute atomic E-state index is 0.565. The SMILES string of the molecule is CCCCCCCCCc1ccc(OCCOCCOCCO[Si](C)(C)C)cc1. The van der Waals surface area contributed by atoms with Gasteiger partial charge in [-0.15, -0.1) is 0 Å². The average molecular weight is 425 g/mol. The summed E-state index contributed by atoms with van der Waals surface area (Å²) < 4.78 is 22.5. The quantitative estimate of drug-likeness (QED) is 0.194. The van der Waals surface area contributed by atoms with E-state index < -0.39 is 8.32 Å². The van der Waals surface area contributed by atoms with Gasteiger partial charge in [-0.1, -0.05) is 57.6 Å². The van der Waals surface area contributed by atoms with Crippen LogP contribution in [0.2, 0.25) is 19.6 Å². The molecule has 0 saturated carbocycles. The molecule has 0 aliphatic rings. The van der Waals surface area contributed by atoms with E-state index in [4.69, 9.17) is 18.6 Å². The zero-order valence-corrected chi connectivity index (χ0v) is 20.3. The molecule has 0 aliphatic carbocycles. The number of ether oxygens (including phenoxy) is 3. The van der Waals surface area contributed by atoms with Crippen LogP contribution in [0.4, 0.5) is 0 Å². The molecule has 0 spiro atoms. The van der Waals surface area contributed by atoms with Gasteiger partial charge in [0, 0.05) is 0 Å². The van der Waals surface area contributed by atoms with Gasteiger partial charge in [0.1, 0.15) is 12.4 Å². The second-order valence-corrected chi connectivity index (χ2v) is 13.1. The Hall–Kier alpha value is -0.883. The lowest BCUT2D eigenvalue weighted by atomic mass is 10.0. The first-order chi connectivity index (χ1) is 14.0. The molecule has 0 atom stereocenters. The Labute approximate surface area is 180 Å². The van der Waals surface area contributed by atoms with E-state index in [0.29, 0.717) is 39.6 Å². The van der Waals surface area contributed by atoms with Crippen LogP contribution in [0.5, 0.6) is 5.75 Å². The van der Waals surface area contributed by atoms with Crippen LogP contribution in [-0.4, -0.2) is 48.0 Å². The number of hydrogen-bond donors (Lipinski definition) is 0. The first kappa shape index (κ1) is 26.2. The summed E-state index contributed by atoms with van der Waals surface area (Å²) in [5.74, 6) is 0.914. The van der Waals surface area contributed by atoms with E-state index in [-0.39, 0.29) is 0 Å². The van der Waals surface area contributed by atoms with Gasteiger partial charge >= 0.3 is 0 Å². The van der Waals surface area contributed by atoms with Crippen molar-refractivity contribution in [2.45, 2.75) is 77.9 Å². The molecule has 0 saturated heterocycles. The predicted octanol–water partition coefficient (Wildman–Crippen LogP) is 6.24. The molecule has 4 nitrogen and oxygen atoms in total. The van der Waals surface area contributed by atoms with E-state index in [1.807, 2.05) is 0 Å². The largest absolute Gasteiger partial charge is 0.491 e. The molecule has 0 aliphatic heterocycles. The lowest BCUT2D eigenvalue weighted by Crippen LogP contribution is -2.27. The summed E-state index contributed by atoms with van der Waals surface area (Å²) in [7, 11) is -1.42. The summed E-state index contributed by atoms with van der Waals surface area (Å²) in [6.07, 6.45) is 10.7. The highest BCUT2D eigenvalue weighted by atomic mass is 28.4. The van der Waals surface area contributed by atoms with Crippen molar-refractivity contribution in [3.8, 4) is 5.75 Å². The molecule has 1 aromatic rings. The Morgan fingerprint density at radius 2 is 1.21 bits per heavy atom. The maximum atomic E-state index is 5.74. The second-order valence-electron chi connectivity index (χ2n) is 8.55. The molecule has 1 aromatic carbocycles. The van der Waals surface area contributed by atoms with Gasteiger partial charge in [-0.3, -0.25) is 0 Å². The van der Waals surface area contributed by atoms with E-state index in [0.717, 1.165) is 5.75 Å². The van der Waals surface area contributed by atoms with Gasteiger partial charge in [-0.25, -0.2) is 0 Å². The number of aryl methyl sites for hydroxylation is 1. The van der Waals surface area contributed by atoms with Crippen LogP contribution >= 0.6 is 0 Å². The van der Waals surface area contributed by atoms with E-state index >= 15 is 0 Å². The van der Waals surface area contributed by atoms with E-state index in [1.165, 1.54) is 56.9 Å². The molecule has 0 unspecified atom stereocenters. The van der Waals surface area contributed by atoms with Gasteiger partial charge in [0.2, 0.25) is 0 Å². The molecule has 29 heavy (non-hydrogen) atoms. The van der Waals surface area contributed by atoms with Gasteiger partial charge in [0.15, 0.2) is 8.32 Å². The summed E-state index contributed by atoms with van der Waals surface area (Å²) in [6, 6.07) is 8.50. The highest BCUT2D eigenvalue weighted by molar-refractivity contribution is 6.69. The van der Waals surface area contributed by atoms with Crippen molar-refractivity contribution in [3.05, 3.63) is 29.8 Å². The van der Waals surface area contributed by atoms with E-state index in [2.05, 4.69) is 50.8 Å². The third-order valence-electron chi connectivity index (χ3n) is 4.62. The van der Waals surface area contributed by atoms with Crippen molar-refractivity contribution in [2.24, 2.45) is 0 Å². The second kappa shape index (κ2) is 16.9. The minimum atomic E-state index is -1.42. The lowest BCUT2D eigenvalue weighted by Gasteiger charge is -2.16. The Morgan fingerprint density at radius 1 is 0.655 bits per heavy atom. The molecule has 0 radical (unpaired) electrons. The maximum absolute atomic E-state index is 5.74. The van der Waals surface area contributed by atoms with Crippen LogP contribution in [0.25, 0.3) is 0 Å². The Bertz CT molecular complexity index is 485. The van der Waals surface area contributed by atoms with Crippen molar-refractivity contribution >= 4 is 8.32 Å². The summed E-state index contributed by atoms with van der Waals surface area (Å²) in [5, 5.41) is 0. The fraction of sp³-hybridized carbons (Fsp3) is 0.750. The van der Waals surface area contributed by atoms with E-state index in [9.17, 15) is 0 Å². The van der Waals surface area contributed by atoms with Crippen LogP contribution in [-0.2, 0) is 20.3 Å². The van der Waals surface area contributed by atoms with Crippen LogP contribution in [0.3, 0.4) is 0 Å². The Kier molecular flexibility index (Phi) is 15.2. The van der Waals surface area contributed by atoms with Gasteiger partial charge < -0.3 is 18.6 Å². The van der Waals surface area contributed by atoms with Crippen molar-refractivity contribution in [1.82, 2.24) is 0 Å². The van der Waals surface area contributed by atoms with Gasteiger partial charge in [0.05, 0.1) is 33.0 Å². The molecule has 0 aromatic heterocycles. The smallest absolute Gasteiger partial charge is 0.183 e. The molecule has 1 rings (SSSR count). The van der Waals surface area contributed by atoms with Gasteiger partial charge in [0.25, 0.3) is 0 Å². The summed E-state index contributed by atoms with van der Waals surface area (Å²) in [5.41, 5.74) is 1.40. The van der Waals surface area contributed by atoms with Crippen molar-refractivity contribution < 1.29 is 18.6 Å². The number of rotatable bonds is 19. The van der Waals surface area contributed by atoms with Crippen molar-refractivity contribution in [3.63, 3.8) is 0 Å². The standard InChI is InChI=1S/C24H44O4Si/c1-5-6-7-8-9-10-11-12-23-13-15-24(16-14-23)27-21-19-25-17-18-26-20-22-28-29(2,3)4/h13-16H,5-12,17-22H2,1-4H3. The highest BCUT2D eigenvalue weighted by Gasteiger charge is 2.12. The molecule has 5 heteroatoms. The summed E-state index contributed by atoms with van der Waals surface area (Å²) in [4.78, 5) is 0. The molecular formula is C24H44O4Si. The number of hydrogen-bond acceptors (Lipinski definition) is 4. The fourth-order valence-electron chi connectivity index (χ4n) is 2.99. The highest BCUT2D eigenvalue weighted by Crippen LogP contribution is 2.15. The third-order valence-corrected chi connectivity index (χ3v) is 5.69. The zero-order chi connectivity index (χ0) is 21.2. The number of unbranched alkanes of at least 4 members (excludes halogenated alkanes) is 6. The van der Waals surface area contributed by atoms with E-state index in [1.54, 1.807) is 0 Å². The van der Waals surface area contributed by atoms with Crippen LogP contribution < -0.4 is 4.74 Å². The normalized spacial score (nSPS) is 11.7. The summed E-state index contributed by atoms with van der Waals surface area (Å²) >= 11 is 0. The summed E-state index contributed by atoms with van der Waals surface area (Å²) in [6.45, 7) is 12.5. The van der Waals surface area contributed by atoms with Crippen LogP contribution in [0.15, 0.2) is 24.3 Å². The molecule has 0 N–H and O–H groups in total. The van der Waals surface area contributed by atoms with Crippen molar-refractivity contribution in [2.75, 3.05) is 39.6 Å². The average Bonchev–Trinajstić information content (AvgIpc) is 2.69. The van der Waals surface area contributed by atoms with Crippen LogP contribution in [0, 0.1) is 0 Å². The first-order valence-electron chi connectivity index (χ1n) is 11.5. The zero-order valence-electron chi connectivity index (χ0n) is 19.3. The molecule has 0 amide bonds. The third kappa shape index (κ3) is 16.6. The molecule has 168 valence electrons. The maximum Gasteiger partial charge on any atom is 0.183 e. The van der Waals surface area contributed by atoms with Crippen LogP contribution in [0.1, 0.15) is 57.4 Å². The molecule has 0 fully saturated rings. The number of benzene rings is 1. The van der Waals surface area contributed by atoms with Gasteiger partial charge in [-0.2, -0.15) is 0 Å². The molecular weight excluding hydrogens is 380 g/mol. The fourth-order valence-corrected chi connectivity index (χ4v) is 3.68. The van der Waals surface area contributed by atoms with Crippen molar-refractivity contribution in [1.29, 1.82) is 0 Å². The molecule has 0 heterocycles. The Balaban J connectivity index is 1.95. The monoisotopic (exact) mass is 424 g/mol. The first-order valence-corrected chi connectivity index (χ1v) is 14.9. The molecule has 0 bridgehead atoms. The topological polar surface area (TPSA) is 36.9 Å². The lowest BCUT2D eigenvalue weighted by molar-refractivity contribution is 0.0266. The predicted molar refractivity (Wildman–Crippen MR) is 125 cm³/mol. The Morgan fingerprint density at radius 3 is 1.83 bits per heavy atom.